The smallest absolute Gasteiger partial charge is 0.409 e. The number of aliphatic carboxylic acids is 1. The van der Waals surface area contributed by atoms with E-state index in [1.807, 2.05) is 60.6 Å². The molecule has 282 valence electrons. The molecule has 0 aliphatic carbocycles. The molecule has 1 aliphatic heterocycles. The molecule has 3 rings (SSSR count). The number of carboxylic acids is 1. The average molecular weight is 746 g/mol. The van der Waals surface area contributed by atoms with Gasteiger partial charge in [-0.1, -0.05) is 77.9 Å². The van der Waals surface area contributed by atoms with E-state index in [2.05, 4.69) is 10.0 Å². The number of hydroxylamine groups is 1. The maximum absolute atomic E-state index is 13.7. The highest BCUT2D eigenvalue weighted by Gasteiger charge is 2.32. The van der Waals surface area contributed by atoms with Gasteiger partial charge in [0, 0.05) is 38.2 Å². The van der Waals surface area contributed by atoms with Gasteiger partial charge < -0.3 is 20.1 Å². The number of rotatable bonds is 11. The van der Waals surface area contributed by atoms with Gasteiger partial charge in [0.05, 0.1) is 11.5 Å². The lowest BCUT2D eigenvalue weighted by Gasteiger charge is -2.26. The Morgan fingerprint density at radius 2 is 1.44 bits per heavy atom. The number of amides is 1. The standard InChI is InChI=1S/C25H35N3O5S.C7H14N2O2.H2O4S/c1-14(2)18-11-20(15(3)4)23(21(12-18)16(5)6)34(32,33)28-22(25(29)30)13-17-9-7-8-10-19(17)24(26)27-31;1-2-11-7(10)9-5-3-8-4-6-9;1-5(2,3)4/h7-12,14-16,22,28,31H,13H2,1-6H3,(H2,26,27)(H,29,30);8H,2-6H2,1H3;(H2,1,2,3,4). The Labute approximate surface area is 294 Å². The van der Waals surface area contributed by atoms with Gasteiger partial charge in [-0.3, -0.25) is 30.0 Å². The Hall–Kier alpha value is -3.65. The Bertz CT molecular complexity index is 1620. The van der Waals surface area contributed by atoms with Crippen LogP contribution in [-0.2, 0) is 36.4 Å². The molecule has 1 unspecified atom stereocenters. The second kappa shape index (κ2) is 20.3. The van der Waals surface area contributed by atoms with E-state index in [9.17, 15) is 23.1 Å². The van der Waals surface area contributed by atoms with Crippen molar-refractivity contribution in [3.63, 3.8) is 0 Å². The number of sulfonamides is 1. The van der Waals surface area contributed by atoms with Crippen LogP contribution in [0.5, 0.6) is 0 Å². The van der Waals surface area contributed by atoms with Gasteiger partial charge in [0.2, 0.25) is 10.0 Å². The maximum Gasteiger partial charge on any atom is 0.409 e. The first kappa shape index (κ1) is 44.4. The molecule has 1 amide bonds. The van der Waals surface area contributed by atoms with Crippen LogP contribution in [0.25, 0.3) is 0 Å². The molecule has 0 spiro atoms. The van der Waals surface area contributed by atoms with E-state index < -0.39 is 32.4 Å². The molecule has 1 aliphatic rings. The average Bonchev–Trinajstić information content (AvgIpc) is 3.03. The van der Waals surface area contributed by atoms with Gasteiger partial charge in [0.1, 0.15) is 11.9 Å². The second-order valence-corrected chi connectivity index (χ2v) is 14.8. The topological polar surface area (TPSA) is 256 Å². The molecule has 0 bridgehead atoms. The Balaban J connectivity index is 0.000000640. The van der Waals surface area contributed by atoms with Gasteiger partial charge in [-0.25, -0.2) is 13.2 Å². The van der Waals surface area contributed by atoms with Crippen LogP contribution in [-0.4, -0.2) is 97.9 Å². The molecule has 1 saturated heterocycles. The predicted molar refractivity (Wildman–Crippen MR) is 188 cm³/mol. The quantitative estimate of drug-likeness (QED) is 0.0707. The summed E-state index contributed by atoms with van der Waals surface area (Å²) in [6, 6.07) is 8.78. The number of benzene rings is 2. The minimum atomic E-state index is -4.67. The van der Waals surface area contributed by atoms with Crippen LogP contribution >= 0.6 is 0 Å². The lowest BCUT2D eigenvalue weighted by atomic mass is 9.89. The number of carbonyl (C=O) groups is 2. The second-order valence-electron chi connectivity index (χ2n) is 12.2. The first-order chi connectivity index (χ1) is 23.1. The summed E-state index contributed by atoms with van der Waals surface area (Å²) in [5.41, 5.74) is 4.77. The van der Waals surface area contributed by atoms with Crippen molar-refractivity contribution in [2.75, 3.05) is 32.8 Å². The Morgan fingerprint density at radius 1 is 0.940 bits per heavy atom. The summed E-state index contributed by atoms with van der Waals surface area (Å²) < 4.78 is 66.2. The lowest BCUT2D eigenvalue weighted by Crippen LogP contribution is -2.46. The summed E-state index contributed by atoms with van der Waals surface area (Å²) in [4.78, 5) is 25.0. The highest BCUT2D eigenvalue weighted by molar-refractivity contribution is 7.89. The minimum Gasteiger partial charge on any atom is -0.480 e. The van der Waals surface area contributed by atoms with E-state index in [1.54, 1.807) is 34.6 Å². The molecule has 1 fully saturated rings. The monoisotopic (exact) mass is 745 g/mol. The van der Waals surface area contributed by atoms with E-state index >= 15 is 0 Å². The van der Waals surface area contributed by atoms with Crippen LogP contribution in [0.3, 0.4) is 0 Å². The molecule has 2 aromatic rings. The van der Waals surface area contributed by atoms with Crippen molar-refractivity contribution in [2.45, 2.75) is 83.6 Å². The summed E-state index contributed by atoms with van der Waals surface area (Å²) in [7, 11) is -8.87. The van der Waals surface area contributed by atoms with Crippen molar-refractivity contribution < 1.29 is 50.6 Å². The predicted octanol–water partition coefficient (Wildman–Crippen LogP) is 3.73. The van der Waals surface area contributed by atoms with Gasteiger partial charge in [-0.05, 0) is 46.9 Å². The van der Waals surface area contributed by atoms with Crippen molar-refractivity contribution in [3.05, 3.63) is 64.2 Å². The number of nitrogens with zero attached hydrogens (tertiary/aromatic N) is 1. The fourth-order valence-electron chi connectivity index (χ4n) is 4.91. The number of amidine groups is 1. The highest BCUT2D eigenvalue weighted by atomic mass is 32.3. The Kier molecular flexibility index (Phi) is 18.0. The highest BCUT2D eigenvalue weighted by Crippen LogP contribution is 2.35. The number of nitrogens with one attached hydrogen (secondary N) is 4. The van der Waals surface area contributed by atoms with Crippen molar-refractivity contribution >= 4 is 38.3 Å². The molecule has 0 saturated carbocycles. The largest absolute Gasteiger partial charge is 0.480 e. The van der Waals surface area contributed by atoms with Gasteiger partial charge in [0.25, 0.3) is 0 Å². The van der Waals surface area contributed by atoms with Crippen LogP contribution in [0.1, 0.15) is 94.0 Å². The lowest BCUT2D eigenvalue weighted by molar-refractivity contribution is -0.138. The fraction of sp³-hybridized carbons (Fsp3) is 0.531. The van der Waals surface area contributed by atoms with Gasteiger partial charge in [-0.2, -0.15) is 13.1 Å². The van der Waals surface area contributed by atoms with E-state index in [4.69, 9.17) is 32.9 Å². The van der Waals surface area contributed by atoms with Gasteiger partial charge >= 0.3 is 22.5 Å². The molecule has 1 heterocycles. The first-order valence-electron chi connectivity index (χ1n) is 16.0. The van der Waals surface area contributed by atoms with Crippen LogP contribution in [0.15, 0.2) is 41.3 Å². The molecule has 8 N–H and O–H groups in total. The van der Waals surface area contributed by atoms with Gasteiger partial charge in [-0.15, -0.1) is 0 Å². The molecule has 50 heavy (non-hydrogen) atoms. The molecule has 16 nitrogen and oxygen atoms in total. The summed E-state index contributed by atoms with van der Waals surface area (Å²) in [6.45, 7) is 17.3. The third-order valence-corrected chi connectivity index (χ3v) is 9.01. The zero-order valence-corrected chi connectivity index (χ0v) is 31.1. The minimum absolute atomic E-state index is 0.0946. The van der Waals surface area contributed by atoms with Crippen LogP contribution < -0.4 is 15.5 Å². The molecular formula is C32H51N5O11S2. The molecule has 0 radical (unpaired) electrons. The third-order valence-electron chi connectivity index (χ3n) is 7.41. The summed E-state index contributed by atoms with van der Waals surface area (Å²) in [5.74, 6) is -1.63. The number of hydrogen-bond acceptors (Lipinski definition) is 10. The third kappa shape index (κ3) is 14.7. The molecular weight excluding hydrogens is 695 g/mol. The SMILES string of the molecule is CC(C)c1cc(C(C)C)c(S(=O)(=O)NC(Cc2ccccc2C(=N)NO)C(=O)O)c(C(C)C)c1.CCOC(=O)N1CCNCC1.O=S(=O)(O)O. The van der Waals surface area contributed by atoms with Crippen LogP contribution in [0.2, 0.25) is 0 Å². The van der Waals surface area contributed by atoms with E-state index in [0.29, 0.717) is 23.3 Å². The van der Waals surface area contributed by atoms with Crippen LogP contribution in [0.4, 0.5) is 4.79 Å². The molecule has 2 aromatic carbocycles. The maximum atomic E-state index is 13.7. The molecule has 1 atom stereocenters. The number of hydrogen-bond donors (Lipinski definition) is 8. The van der Waals surface area contributed by atoms with E-state index in [-0.39, 0.29) is 46.6 Å². The summed E-state index contributed by atoms with van der Waals surface area (Å²) in [6.07, 6.45) is -0.388. The molecule has 0 aromatic heterocycles. The van der Waals surface area contributed by atoms with E-state index in [0.717, 1.165) is 31.7 Å². The number of ether oxygens (including phenoxy) is 1. The van der Waals surface area contributed by atoms with Crippen LogP contribution in [0, 0.1) is 5.41 Å². The zero-order valence-electron chi connectivity index (χ0n) is 29.4. The zero-order chi connectivity index (χ0) is 38.4. The number of carboxylic acid groups (broad SMARTS) is 1. The number of carbonyl (C=O) groups excluding carboxylic acids is 1. The van der Waals surface area contributed by atoms with Gasteiger partial charge in [0.15, 0.2) is 0 Å². The van der Waals surface area contributed by atoms with E-state index in [1.165, 1.54) is 0 Å². The summed E-state index contributed by atoms with van der Waals surface area (Å²) in [5, 5.41) is 30.0. The van der Waals surface area contributed by atoms with Crippen molar-refractivity contribution in [3.8, 4) is 0 Å². The fourth-order valence-corrected chi connectivity index (χ4v) is 6.80. The Morgan fingerprint density at radius 3 is 1.86 bits per heavy atom. The van der Waals surface area contributed by atoms with Crippen molar-refractivity contribution in [1.82, 2.24) is 20.4 Å². The summed E-state index contributed by atoms with van der Waals surface area (Å²) >= 11 is 0. The first-order valence-corrected chi connectivity index (χ1v) is 18.8. The molecule has 18 heteroatoms. The normalized spacial score (nSPS) is 13.9. The van der Waals surface area contributed by atoms with Crippen molar-refractivity contribution in [1.29, 1.82) is 5.41 Å². The number of piperazine rings is 1. The van der Waals surface area contributed by atoms with Crippen molar-refractivity contribution in [2.24, 2.45) is 0 Å².